The van der Waals surface area contributed by atoms with E-state index in [0.717, 1.165) is 102 Å². The van der Waals surface area contributed by atoms with E-state index in [0.29, 0.717) is 25.7 Å². The van der Waals surface area contributed by atoms with Gasteiger partial charge in [-0.2, -0.15) is 0 Å². The van der Waals surface area contributed by atoms with Crippen molar-refractivity contribution in [2.45, 2.75) is 432 Å². The zero-order valence-corrected chi connectivity index (χ0v) is 65.9. The molecule has 0 spiro atoms. The summed E-state index contributed by atoms with van der Waals surface area (Å²) in [7, 11) is -9.92. The van der Waals surface area contributed by atoms with Crippen LogP contribution in [0.4, 0.5) is 0 Å². The van der Waals surface area contributed by atoms with Crippen LogP contribution in [0.25, 0.3) is 0 Å². The van der Waals surface area contributed by atoms with E-state index in [2.05, 4.69) is 41.5 Å². The Bertz CT molecular complexity index is 1890. The van der Waals surface area contributed by atoms with Crippen molar-refractivity contribution in [2.24, 2.45) is 11.8 Å². The molecule has 0 aliphatic carbocycles. The van der Waals surface area contributed by atoms with Crippen LogP contribution in [0.2, 0.25) is 0 Å². The number of phosphoric acid groups is 2. The number of ether oxygens (including phenoxy) is 4. The van der Waals surface area contributed by atoms with Crippen LogP contribution in [-0.4, -0.2) is 96.7 Å². The standard InChI is InChI=1S/C79H154O17P2/c1-7-10-12-14-16-18-20-22-24-25-26-28-30-40-46-52-58-64-79(84)96-75(68-90-77(82)62-56-50-44-38-34-32-36-42-48-54-60-72(6)9-3)70-94-98(87,88)92-66-73(80)65-91-97(85,86)93-69-74(67-89-76(81)61-55-49-43-37-33-31-35-41-47-53-59-71(4)5)95-78(83)63-57-51-45-39-29-27-23-21-19-17-15-13-11-8-2/h71-75,80H,7-70H2,1-6H3,(H,85,86)(H,87,88)/t72?,73-,74+,75+/m0/s1. The van der Waals surface area contributed by atoms with Gasteiger partial charge < -0.3 is 33.8 Å². The molecule has 0 radical (unpaired) electrons. The Morgan fingerprint density at radius 3 is 0.776 bits per heavy atom. The van der Waals surface area contributed by atoms with E-state index in [1.807, 2.05) is 0 Å². The Labute approximate surface area is 600 Å². The first-order valence-electron chi connectivity index (χ1n) is 41.0. The minimum atomic E-state index is -4.96. The zero-order valence-electron chi connectivity index (χ0n) is 64.1. The van der Waals surface area contributed by atoms with Gasteiger partial charge in [0.15, 0.2) is 12.2 Å². The maximum Gasteiger partial charge on any atom is 0.472 e. The fourth-order valence-corrected chi connectivity index (χ4v) is 13.7. The minimum Gasteiger partial charge on any atom is -0.462 e. The second-order valence-electron chi connectivity index (χ2n) is 29.2. The van der Waals surface area contributed by atoms with E-state index >= 15 is 0 Å². The van der Waals surface area contributed by atoms with Crippen molar-refractivity contribution in [3.8, 4) is 0 Å². The molecule has 0 saturated heterocycles. The first-order valence-corrected chi connectivity index (χ1v) is 44.0. The molecule has 17 nitrogen and oxygen atoms in total. The Morgan fingerprint density at radius 2 is 0.520 bits per heavy atom. The molecule has 0 aliphatic rings. The lowest BCUT2D eigenvalue weighted by Gasteiger charge is -2.21. The number of hydrogen-bond acceptors (Lipinski definition) is 15. The first-order chi connectivity index (χ1) is 47.4. The van der Waals surface area contributed by atoms with Crippen molar-refractivity contribution < 1.29 is 80.2 Å². The predicted molar refractivity (Wildman–Crippen MR) is 400 cm³/mol. The number of aliphatic hydroxyl groups is 1. The molecule has 0 fully saturated rings. The van der Waals surface area contributed by atoms with Gasteiger partial charge in [-0.3, -0.25) is 37.3 Å². The van der Waals surface area contributed by atoms with E-state index in [1.54, 1.807) is 0 Å². The molecule has 0 saturated carbocycles. The molecule has 0 aromatic heterocycles. The van der Waals surface area contributed by atoms with Crippen LogP contribution in [0, 0.1) is 11.8 Å². The fraction of sp³-hybridized carbons (Fsp3) is 0.949. The number of carbonyl (C=O) groups excluding carboxylic acids is 4. The number of phosphoric ester groups is 2. The van der Waals surface area contributed by atoms with Gasteiger partial charge in [-0.25, -0.2) is 9.13 Å². The van der Waals surface area contributed by atoms with Crippen molar-refractivity contribution in [1.29, 1.82) is 0 Å². The van der Waals surface area contributed by atoms with Crippen molar-refractivity contribution in [1.82, 2.24) is 0 Å². The molecule has 6 atom stereocenters. The Morgan fingerprint density at radius 1 is 0.296 bits per heavy atom. The van der Waals surface area contributed by atoms with Crippen molar-refractivity contribution >= 4 is 39.5 Å². The van der Waals surface area contributed by atoms with Gasteiger partial charge in [-0.1, -0.05) is 363 Å². The summed E-state index contributed by atoms with van der Waals surface area (Å²) in [6.07, 6.45) is 59.4. The quantitative estimate of drug-likeness (QED) is 0.0222. The third kappa shape index (κ3) is 71.1. The third-order valence-corrected chi connectivity index (χ3v) is 20.7. The summed E-state index contributed by atoms with van der Waals surface area (Å²) in [6, 6.07) is 0. The molecule has 0 aliphatic heterocycles. The number of hydrogen-bond donors (Lipinski definition) is 3. The molecule has 0 bridgehead atoms. The molecule has 0 aromatic carbocycles. The summed E-state index contributed by atoms with van der Waals surface area (Å²) in [5.74, 6) is -0.540. The highest BCUT2D eigenvalue weighted by Crippen LogP contribution is 2.45. The SMILES string of the molecule is CCCCCCCCCCCCCCCCCCCC(=O)O[C@H](COC(=O)CCCCCCCCCCCCC(C)CC)COP(=O)(O)OC[C@@H](O)COP(=O)(O)OC[C@@H](COC(=O)CCCCCCCCCCCCC(C)C)OC(=O)CCCCCCCCCCCCCCCC. The average Bonchev–Trinajstić information content (AvgIpc) is 1.04. The van der Waals surface area contributed by atoms with Crippen LogP contribution in [0.1, 0.15) is 414 Å². The smallest absolute Gasteiger partial charge is 0.462 e. The molecule has 0 amide bonds. The molecular weight excluding hydrogens is 1280 g/mol. The van der Waals surface area contributed by atoms with Crippen LogP contribution in [0.3, 0.4) is 0 Å². The van der Waals surface area contributed by atoms with Crippen LogP contribution in [0.15, 0.2) is 0 Å². The van der Waals surface area contributed by atoms with E-state index in [9.17, 15) is 43.2 Å². The van der Waals surface area contributed by atoms with Gasteiger partial charge in [-0.05, 0) is 37.5 Å². The molecule has 3 unspecified atom stereocenters. The number of aliphatic hydroxyl groups excluding tert-OH is 1. The summed E-state index contributed by atoms with van der Waals surface area (Å²) in [6.45, 7) is 9.65. The summed E-state index contributed by atoms with van der Waals surface area (Å²) >= 11 is 0. The lowest BCUT2D eigenvalue weighted by Crippen LogP contribution is -2.30. The summed E-state index contributed by atoms with van der Waals surface area (Å²) < 4.78 is 68.7. The van der Waals surface area contributed by atoms with Crippen molar-refractivity contribution in [3.05, 3.63) is 0 Å². The average molecular weight is 1440 g/mol. The van der Waals surface area contributed by atoms with E-state index in [1.165, 1.54) is 231 Å². The Kier molecular flexibility index (Phi) is 69.3. The van der Waals surface area contributed by atoms with Crippen LogP contribution >= 0.6 is 15.6 Å². The first kappa shape index (κ1) is 96.1. The second-order valence-corrected chi connectivity index (χ2v) is 32.1. The van der Waals surface area contributed by atoms with Crippen molar-refractivity contribution in [2.75, 3.05) is 39.6 Å². The molecule has 3 N–H and O–H groups in total. The molecule has 98 heavy (non-hydrogen) atoms. The highest BCUT2D eigenvalue weighted by Gasteiger charge is 2.30. The Balaban J connectivity index is 5.27. The predicted octanol–water partition coefficient (Wildman–Crippen LogP) is 23.5. The van der Waals surface area contributed by atoms with Gasteiger partial charge in [0.2, 0.25) is 0 Å². The normalized spacial score (nSPS) is 14.2. The monoisotopic (exact) mass is 1440 g/mol. The third-order valence-electron chi connectivity index (χ3n) is 18.8. The van der Waals surface area contributed by atoms with Gasteiger partial charge in [0.05, 0.1) is 26.4 Å². The topological polar surface area (TPSA) is 237 Å². The van der Waals surface area contributed by atoms with E-state index < -0.39 is 97.5 Å². The fourth-order valence-electron chi connectivity index (χ4n) is 12.2. The lowest BCUT2D eigenvalue weighted by molar-refractivity contribution is -0.161. The lowest BCUT2D eigenvalue weighted by atomic mass is 9.99. The summed E-state index contributed by atoms with van der Waals surface area (Å²) in [4.78, 5) is 73.0. The zero-order chi connectivity index (χ0) is 72.1. The Hall–Kier alpha value is -1.94. The maximum absolute atomic E-state index is 13.1. The van der Waals surface area contributed by atoms with Gasteiger partial charge in [0.1, 0.15) is 19.3 Å². The molecule has 0 heterocycles. The van der Waals surface area contributed by atoms with E-state index in [4.69, 9.17) is 37.0 Å². The van der Waals surface area contributed by atoms with Gasteiger partial charge in [0.25, 0.3) is 0 Å². The second kappa shape index (κ2) is 70.7. The number of rotatable bonds is 78. The van der Waals surface area contributed by atoms with Crippen LogP contribution in [0.5, 0.6) is 0 Å². The van der Waals surface area contributed by atoms with Crippen molar-refractivity contribution in [3.63, 3.8) is 0 Å². The highest BCUT2D eigenvalue weighted by atomic mass is 31.2. The van der Waals surface area contributed by atoms with Gasteiger partial charge >= 0.3 is 39.5 Å². The summed E-state index contributed by atoms with van der Waals surface area (Å²) in [5.41, 5.74) is 0. The molecule has 0 rings (SSSR count). The van der Waals surface area contributed by atoms with Gasteiger partial charge in [-0.15, -0.1) is 0 Å². The minimum absolute atomic E-state index is 0.108. The largest absolute Gasteiger partial charge is 0.472 e. The van der Waals surface area contributed by atoms with E-state index in [-0.39, 0.29) is 25.7 Å². The number of esters is 4. The number of unbranched alkanes of at least 4 members (excludes halogenated alkanes) is 47. The number of carbonyl (C=O) groups is 4. The van der Waals surface area contributed by atoms with Crippen LogP contribution < -0.4 is 0 Å². The molecular formula is C79H154O17P2. The molecule has 582 valence electrons. The molecule has 0 aromatic rings. The maximum atomic E-state index is 13.1. The van der Waals surface area contributed by atoms with Gasteiger partial charge in [0, 0.05) is 25.7 Å². The van der Waals surface area contributed by atoms with Crippen LogP contribution in [-0.2, 0) is 65.4 Å². The summed E-state index contributed by atoms with van der Waals surface area (Å²) in [5, 5.41) is 10.6. The molecule has 19 heteroatoms. The highest BCUT2D eigenvalue weighted by molar-refractivity contribution is 7.47.